The number of rotatable bonds is 1. The van der Waals surface area contributed by atoms with Gasteiger partial charge in [0.25, 0.3) is 0 Å². The number of aromatic hydroxyl groups is 1. The summed E-state index contributed by atoms with van der Waals surface area (Å²) in [5.74, 6) is 0.281. The number of carbonyl (C=O) groups excluding carboxylic acids is 1. The first-order valence-corrected chi connectivity index (χ1v) is 8.48. The summed E-state index contributed by atoms with van der Waals surface area (Å²) in [7, 11) is 0. The summed E-state index contributed by atoms with van der Waals surface area (Å²) in [6.07, 6.45) is 2.24. The molecule has 1 aromatic carbocycles. The van der Waals surface area contributed by atoms with Gasteiger partial charge in [-0.15, -0.1) is 0 Å². The van der Waals surface area contributed by atoms with Gasteiger partial charge in [0.05, 0.1) is 15.0 Å². The van der Waals surface area contributed by atoms with Gasteiger partial charge in [-0.25, -0.2) is 0 Å². The predicted molar refractivity (Wildman–Crippen MR) is 91.0 cm³/mol. The van der Waals surface area contributed by atoms with Crippen molar-refractivity contribution in [3.05, 3.63) is 37.9 Å². The Balaban J connectivity index is 2.11. The van der Waals surface area contributed by atoms with Crippen LogP contribution in [0.1, 0.15) is 30.9 Å². The maximum atomic E-state index is 12.3. The van der Waals surface area contributed by atoms with Crippen LogP contribution in [0.5, 0.6) is 5.75 Å². The van der Waals surface area contributed by atoms with Crippen molar-refractivity contribution in [3.8, 4) is 5.75 Å². The summed E-state index contributed by atoms with van der Waals surface area (Å²) < 4.78 is 1.15. The lowest BCUT2D eigenvalue weighted by molar-refractivity contribution is -0.116. The Bertz CT molecular complexity index is 665. The highest BCUT2D eigenvalue weighted by Gasteiger charge is 2.33. The standard InChI is InChI=1S/C14H12Br2N2O2S/c15-7-4-6(5-8(16)13(7)20)12-11-9(17-14(21)18-12)2-1-3-10(11)19/h4-5,12,20H,1-3H2,(H2,17,18,21). The lowest BCUT2D eigenvalue weighted by Gasteiger charge is -2.34. The number of hydrogen-bond donors (Lipinski definition) is 3. The first-order valence-electron chi connectivity index (χ1n) is 6.49. The van der Waals surface area contributed by atoms with Crippen LogP contribution in [0.3, 0.4) is 0 Å². The van der Waals surface area contributed by atoms with Gasteiger partial charge < -0.3 is 15.7 Å². The first kappa shape index (κ1) is 15.0. The minimum absolute atomic E-state index is 0.138. The Hall–Kier alpha value is -0.920. The fourth-order valence-electron chi connectivity index (χ4n) is 2.71. The molecule has 21 heavy (non-hydrogen) atoms. The van der Waals surface area contributed by atoms with Crippen molar-refractivity contribution in [2.24, 2.45) is 0 Å². The second-order valence-corrected chi connectivity index (χ2v) is 7.15. The number of thiocarbonyl (C=S) groups is 1. The minimum Gasteiger partial charge on any atom is -0.506 e. The molecule has 110 valence electrons. The molecule has 1 aromatic rings. The Kier molecular flexibility index (Phi) is 4.07. The van der Waals surface area contributed by atoms with Crippen LogP contribution < -0.4 is 10.6 Å². The van der Waals surface area contributed by atoms with Crippen molar-refractivity contribution in [1.29, 1.82) is 0 Å². The molecule has 1 aliphatic carbocycles. The normalized spacial score (nSPS) is 21.7. The molecule has 0 saturated heterocycles. The van der Waals surface area contributed by atoms with Gasteiger partial charge in [-0.05, 0) is 74.6 Å². The van der Waals surface area contributed by atoms with E-state index in [2.05, 4.69) is 42.5 Å². The maximum absolute atomic E-state index is 12.3. The van der Waals surface area contributed by atoms with Gasteiger partial charge in [0.2, 0.25) is 0 Å². The molecule has 0 bridgehead atoms. The first-order chi connectivity index (χ1) is 9.97. The van der Waals surface area contributed by atoms with Gasteiger partial charge in [0, 0.05) is 17.7 Å². The molecule has 3 rings (SSSR count). The number of benzene rings is 1. The van der Waals surface area contributed by atoms with Gasteiger partial charge >= 0.3 is 0 Å². The fourth-order valence-corrected chi connectivity index (χ4v) is 4.17. The molecule has 0 spiro atoms. The SMILES string of the molecule is O=C1CCCC2=C1C(c1cc(Br)c(O)c(Br)c1)NC(=S)N2. The molecular weight excluding hydrogens is 420 g/mol. The van der Waals surface area contributed by atoms with Crippen LogP contribution in [-0.4, -0.2) is 16.0 Å². The fraction of sp³-hybridized carbons (Fsp3) is 0.286. The topological polar surface area (TPSA) is 61.4 Å². The number of phenols is 1. The smallest absolute Gasteiger partial charge is 0.171 e. The van der Waals surface area contributed by atoms with E-state index < -0.39 is 0 Å². The number of hydrogen-bond acceptors (Lipinski definition) is 3. The van der Waals surface area contributed by atoms with Gasteiger partial charge in [-0.2, -0.15) is 0 Å². The molecule has 0 aromatic heterocycles. The number of nitrogens with one attached hydrogen (secondary N) is 2. The lowest BCUT2D eigenvalue weighted by atomic mass is 9.85. The average molecular weight is 432 g/mol. The minimum atomic E-state index is -0.283. The summed E-state index contributed by atoms with van der Waals surface area (Å²) in [5, 5.41) is 16.6. The third kappa shape index (κ3) is 2.74. The highest BCUT2D eigenvalue weighted by molar-refractivity contribution is 9.11. The monoisotopic (exact) mass is 430 g/mol. The second kappa shape index (κ2) is 5.70. The van der Waals surface area contributed by atoms with E-state index in [1.54, 1.807) is 12.1 Å². The summed E-state index contributed by atoms with van der Waals surface area (Å²) in [4.78, 5) is 12.3. The van der Waals surface area contributed by atoms with Crippen LogP contribution in [0.25, 0.3) is 0 Å². The van der Waals surface area contributed by atoms with E-state index in [-0.39, 0.29) is 17.6 Å². The zero-order valence-corrected chi connectivity index (χ0v) is 14.9. The summed E-state index contributed by atoms with van der Waals surface area (Å²) in [6, 6.07) is 3.32. The van der Waals surface area contributed by atoms with E-state index in [1.807, 2.05) is 0 Å². The number of halogens is 2. The highest BCUT2D eigenvalue weighted by Crippen LogP contribution is 2.39. The molecule has 2 aliphatic rings. The Morgan fingerprint density at radius 3 is 2.57 bits per heavy atom. The summed E-state index contributed by atoms with van der Waals surface area (Å²) in [6.45, 7) is 0. The third-order valence-corrected chi connectivity index (χ3v) is 5.09. The number of Topliss-reactive ketones (excluding diaryl/α,β-unsaturated/α-hetero) is 1. The quantitative estimate of drug-likeness (QED) is 0.594. The van der Waals surface area contributed by atoms with Gasteiger partial charge in [-0.3, -0.25) is 4.79 Å². The van der Waals surface area contributed by atoms with Gasteiger partial charge in [0.15, 0.2) is 10.9 Å². The van der Waals surface area contributed by atoms with E-state index in [1.165, 1.54) is 0 Å². The molecule has 3 N–H and O–H groups in total. The highest BCUT2D eigenvalue weighted by atomic mass is 79.9. The molecule has 1 atom stereocenters. The zero-order chi connectivity index (χ0) is 15.1. The van der Waals surface area contributed by atoms with Gasteiger partial charge in [-0.1, -0.05) is 0 Å². The van der Waals surface area contributed by atoms with E-state index in [9.17, 15) is 9.90 Å². The van der Waals surface area contributed by atoms with E-state index in [0.717, 1.165) is 29.7 Å². The van der Waals surface area contributed by atoms with Crippen molar-refractivity contribution in [1.82, 2.24) is 10.6 Å². The largest absolute Gasteiger partial charge is 0.506 e. The van der Waals surface area contributed by atoms with Crippen molar-refractivity contribution in [2.45, 2.75) is 25.3 Å². The molecule has 1 unspecified atom stereocenters. The van der Waals surface area contributed by atoms with Crippen LogP contribution in [0, 0.1) is 0 Å². The molecule has 4 nitrogen and oxygen atoms in total. The van der Waals surface area contributed by atoms with Crippen LogP contribution >= 0.6 is 44.1 Å². The summed E-state index contributed by atoms with van der Waals surface area (Å²) >= 11 is 11.9. The average Bonchev–Trinajstić information content (AvgIpc) is 2.43. The molecule has 7 heteroatoms. The van der Waals surface area contributed by atoms with E-state index >= 15 is 0 Å². The Morgan fingerprint density at radius 2 is 1.90 bits per heavy atom. The van der Waals surface area contributed by atoms with Crippen molar-refractivity contribution < 1.29 is 9.90 Å². The second-order valence-electron chi connectivity index (χ2n) is 5.03. The molecule has 0 radical (unpaired) electrons. The molecule has 1 heterocycles. The van der Waals surface area contributed by atoms with Gasteiger partial charge in [0.1, 0.15) is 5.75 Å². The number of ketones is 1. The number of allylic oxidation sites excluding steroid dienone is 1. The van der Waals surface area contributed by atoms with Crippen LogP contribution in [0.15, 0.2) is 32.3 Å². The van der Waals surface area contributed by atoms with Crippen LogP contribution in [-0.2, 0) is 4.79 Å². The molecule has 0 amide bonds. The van der Waals surface area contributed by atoms with E-state index in [4.69, 9.17) is 12.2 Å². The van der Waals surface area contributed by atoms with Crippen molar-refractivity contribution >= 4 is 55.0 Å². The lowest BCUT2D eigenvalue weighted by Crippen LogP contribution is -2.46. The molecular formula is C14H12Br2N2O2S. The van der Waals surface area contributed by atoms with Crippen LogP contribution in [0.2, 0.25) is 0 Å². The third-order valence-electron chi connectivity index (χ3n) is 3.66. The number of phenolic OH excluding ortho intramolecular Hbond substituents is 1. The Labute approximate surface area is 144 Å². The van der Waals surface area contributed by atoms with Crippen LogP contribution in [0.4, 0.5) is 0 Å². The molecule has 0 fully saturated rings. The molecule has 1 aliphatic heterocycles. The maximum Gasteiger partial charge on any atom is 0.171 e. The van der Waals surface area contributed by atoms with E-state index in [0.29, 0.717) is 20.5 Å². The Morgan fingerprint density at radius 1 is 1.24 bits per heavy atom. The number of carbonyl (C=O) groups is 1. The van der Waals surface area contributed by atoms with Crippen molar-refractivity contribution in [2.75, 3.05) is 0 Å². The predicted octanol–water partition coefficient (Wildman–Crippen LogP) is 3.44. The molecule has 0 saturated carbocycles. The zero-order valence-electron chi connectivity index (χ0n) is 10.9. The van der Waals surface area contributed by atoms with Crippen molar-refractivity contribution in [3.63, 3.8) is 0 Å². The summed E-state index contributed by atoms with van der Waals surface area (Å²) in [5.41, 5.74) is 2.54.